The van der Waals surface area contributed by atoms with Crippen molar-refractivity contribution in [3.63, 3.8) is 0 Å². The number of hydrogen-bond acceptors (Lipinski definition) is 5. The molecule has 0 atom stereocenters. The third-order valence-electron chi connectivity index (χ3n) is 4.12. The Bertz CT molecular complexity index is 1080. The van der Waals surface area contributed by atoms with Gasteiger partial charge in [-0.05, 0) is 83.3 Å². The van der Waals surface area contributed by atoms with Gasteiger partial charge in [0.05, 0.1) is 5.56 Å². The zero-order valence-electron chi connectivity index (χ0n) is 16.8. The Morgan fingerprint density at radius 1 is 0.750 bits per heavy atom. The van der Waals surface area contributed by atoms with Crippen molar-refractivity contribution in [1.82, 2.24) is 16.2 Å². The molecule has 0 aliphatic rings. The molecule has 3 N–H and O–H groups in total. The second-order valence-corrected chi connectivity index (χ2v) is 7.95. The van der Waals surface area contributed by atoms with Gasteiger partial charge in [-0.1, -0.05) is 30.3 Å². The molecule has 0 spiro atoms. The Morgan fingerprint density at radius 3 is 2.00 bits per heavy atom. The van der Waals surface area contributed by atoms with Crippen molar-refractivity contribution < 1.29 is 19.1 Å². The Balaban J connectivity index is 1.40. The van der Waals surface area contributed by atoms with Crippen molar-refractivity contribution in [3.05, 3.63) is 93.6 Å². The van der Waals surface area contributed by atoms with Crippen molar-refractivity contribution in [3.8, 4) is 11.5 Å². The number of amides is 2. The van der Waals surface area contributed by atoms with E-state index in [0.717, 1.165) is 9.32 Å². The van der Waals surface area contributed by atoms with Gasteiger partial charge >= 0.3 is 0 Å². The molecular formula is C23H20IN3O4S. The fraction of sp³-hybridized carbons (Fsp3) is 0.0870. The minimum Gasteiger partial charge on any atom is -0.490 e. The standard InChI is InChI=1S/C23H20IN3O4S/c24-20-9-5-4-8-19(20)22(29)26-27-23(32)25-21(28)16-10-12-18(13-11-16)31-15-14-30-17-6-2-1-3-7-17/h1-13H,14-15H2,(H,26,29)(H2,25,27,28,32). The molecule has 32 heavy (non-hydrogen) atoms. The largest absolute Gasteiger partial charge is 0.490 e. The highest BCUT2D eigenvalue weighted by Crippen LogP contribution is 2.13. The van der Waals surface area contributed by atoms with E-state index in [1.807, 2.05) is 42.5 Å². The van der Waals surface area contributed by atoms with E-state index in [1.54, 1.807) is 36.4 Å². The molecule has 0 saturated heterocycles. The first-order chi connectivity index (χ1) is 15.5. The van der Waals surface area contributed by atoms with E-state index in [-0.39, 0.29) is 11.0 Å². The predicted octanol–water partition coefficient (Wildman–Crippen LogP) is 3.70. The summed E-state index contributed by atoms with van der Waals surface area (Å²) in [7, 11) is 0. The highest BCUT2D eigenvalue weighted by molar-refractivity contribution is 14.1. The van der Waals surface area contributed by atoms with E-state index in [2.05, 4.69) is 38.8 Å². The summed E-state index contributed by atoms with van der Waals surface area (Å²) < 4.78 is 12.0. The van der Waals surface area contributed by atoms with Gasteiger partial charge in [-0.3, -0.25) is 25.8 Å². The Kier molecular flexibility index (Phi) is 8.81. The van der Waals surface area contributed by atoms with Crippen molar-refractivity contribution in [2.24, 2.45) is 0 Å². The van der Waals surface area contributed by atoms with Crippen LogP contribution in [-0.4, -0.2) is 30.1 Å². The number of benzene rings is 3. The Morgan fingerprint density at radius 2 is 1.34 bits per heavy atom. The molecular weight excluding hydrogens is 541 g/mol. The maximum Gasteiger partial charge on any atom is 0.270 e. The summed E-state index contributed by atoms with van der Waals surface area (Å²) in [6, 6.07) is 23.2. The molecule has 0 fully saturated rings. The van der Waals surface area contributed by atoms with Gasteiger partial charge in [-0.2, -0.15) is 0 Å². The molecule has 3 aromatic rings. The van der Waals surface area contributed by atoms with Crippen LogP contribution < -0.4 is 25.6 Å². The quantitative estimate of drug-likeness (QED) is 0.177. The molecule has 0 heterocycles. The molecule has 0 bridgehead atoms. The Labute approximate surface area is 204 Å². The fourth-order valence-electron chi connectivity index (χ4n) is 2.57. The maximum atomic E-state index is 12.3. The van der Waals surface area contributed by atoms with Crippen LogP contribution in [0.4, 0.5) is 0 Å². The first-order valence-electron chi connectivity index (χ1n) is 9.60. The zero-order valence-corrected chi connectivity index (χ0v) is 19.8. The van der Waals surface area contributed by atoms with Crippen LogP contribution in [0.5, 0.6) is 11.5 Å². The topological polar surface area (TPSA) is 88.7 Å². The summed E-state index contributed by atoms with van der Waals surface area (Å²) in [6.45, 7) is 0.772. The number of hydrazine groups is 1. The van der Waals surface area contributed by atoms with E-state index < -0.39 is 5.91 Å². The first-order valence-corrected chi connectivity index (χ1v) is 11.1. The van der Waals surface area contributed by atoms with E-state index in [9.17, 15) is 9.59 Å². The number of carbonyl (C=O) groups is 2. The van der Waals surface area contributed by atoms with E-state index in [1.165, 1.54) is 0 Å². The predicted molar refractivity (Wildman–Crippen MR) is 134 cm³/mol. The minimum absolute atomic E-state index is 0.0207. The van der Waals surface area contributed by atoms with Gasteiger partial charge in [-0.25, -0.2) is 0 Å². The smallest absolute Gasteiger partial charge is 0.270 e. The van der Waals surface area contributed by atoms with Gasteiger partial charge in [0, 0.05) is 9.13 Å². The zero-order chi connectivity index (χ0) is 22.8. The fourth-order valence-corrected chi connectivity index (χ4v) is 3.35. The summed E-state index contributed by atoms with van der Waals surface area (Å²) in [5.41, 5.74) is 5.88. The maximum absolute atomic E-state index is 12.3. The van der Waals surface area contributed by atoms with Gasteiger partial charge in [0.2, 0.25) is 0 Å². The van der Waals surface area contributed by atoms with Gasteiger partial charge in [0.25, 0.3) is 11.8 Å². The lowest BCUT2D eigenvalue weighted by Gasteiger charge is -2.12. The third kappa shape index (κ3) is 7.20. The highest BCUT2D eigenvalue weighted by atomic mass is 127. The summed E-state index contributed by atoms with van der Waals surface area (Å²) in [5, 5.41) is 2.49. The SMILES string of the molecule is O=C(NC(=S)NNC(=O)c1ccccc1I)c1ccc(OCCOc2ccccc2)cc1. The summed E-state index contributed by atoms with van der Waals surface area (Å²) in [5.74, 6) is 0.625. The number of para-hydroxylation sites is 1. The normalized spacial score (nSPS) is 10.0. The van der Waals surface area contributed by atoms with Gasteiger partial charge < -0.3 is 9.47 Å². The number of rotatable bonds is 7. The molecule has 0 unspecified atom stereocenters. The van der Waals surface area contributed by atoms with Crippen LogP contribution in [0.25, 0.3) is 0 Å². The van der Waals surface area contributed by atoms with Crippen LogP contribution in [-0.2, 0) is 0 Å². The average molecular weight is 561 g/mol. The van der Waals surface area contributed by atoms with Crippen LogP contribution in [0, 0.1) is 3.57 Å². The Hall–Kier alpha value is -3.18. The summed E-state index contributed by atoms with van der Waals surface area (Å²) >= 11 is 7.14. The third-order valence-corrected chi connectivity index (χ3v) is 5.26. The van der Waals surface area contributed by atoms with Crippen molar-refractivity contribution in [2.75, 3.05) is 13.2 Å². The minimum atomic E-state index is -0.412. The van der Waals surface area contributed by atoms with E-state index in [4.69, 9.17) is 21.7 Å². The molecule has 0 aliphatic heterocycles. The van der Waals surface area contributed by atoms with E-state index in [0.29, 0.717) is 30.1 Å². The second-order valence-electron chi connectivity index (χ2n) is 6.38. The molecule has 0 aromatic heterocycles. The highest BCUT2D eigenvalue weighted by Gasteiger charge is 2.11. The van der Waals surface area contributed by atoms with Crippen LogP contribution in [0.1, 0.15) is 20.7 Å². The van der Waals surface area contributed by atoms with Gasteiger partial charge in [0.15, 0.2) is 5.11 Å². The first kappa shape index (κ1) is 23.5. The lowest BCUT2D eigenvalue weighted by atomic mass is 10.2. The molecule has 7 nitrogen and oxygen atoms in total. The molecule has 0 aliphatic carbocycles. The second kappa shape index (κ2) is 12.0. The summed E-state index contributed by atoms with van der Waals surface area (Å²) in [6.07, 6.45) is 0. The molecule has 3 rings (SSSR count). The van der Waals surface area contributed by atoms with Crippen LogP contribution in [0.3, 0.4) is 0 Å². The van der Waals surface area contributed by atoms with Crippen molar-refractivity contribution >= 4 is 51.7 Å². The van der Waals surface area contributed by atoms with Crippen molar-refractivity contribution in [2.45, 2.75) is 0 Å². The van der Waals surface area contributed by atoms with Gasteiger partial charge in [-0.15, -0.1) is 0 Å². The van der Waals surface area contributed by atoms with Crippen LogP contribution in [0.15, 0.2) is 78.9 Å². The van der Waals surface area contributed by atoms with Crippen LogP contribution >= 0.6 is 34.8 Å². The lowest BCUT2D eigenvalue weighted by molar-refractivity contribution is 0.0934. The molecule has 9 heteroatoms. The number of hydrogen-bond donors (Lipinski definition) is 3. The van der Waals surface area contributed by atoms with E-state index >= 15 is 0 Å². The average Bonchev–Trinajstić information content (AvgIpc) is 2.81. The number of thiocarbonyl (C=S) groups is 1. The lowest BCUT2D eigenvalue weighted by Crippen LogP contribution is -2.48. The number of ether oxygens (including phenoxy) is 2. The number of carbonyl (C=O) groups excluding carboxylic acids is 2. The van der Waals surface area contributed by atoms with Crippen LogP contribution in [0.2, 0.25) is 0 Å². The number of halogens is 1. The van der Waals surface area contributed by atoms with Gasteiger partial charge in [0.1, 0.15) is 24.7 Å². The summed E-state index contributed by atoms with van der Waals surface area (Å²) in [4.78, 5) is 24.5. The molecule has 0 radical (unpaired) electrons. The van der Waals surface area contributed by atoms with Crippen molar-refractivity contribution in [1.29, 1.82) is 0 Å². The molecule has 2 amide bonds. The monoisotopic (exact) mass is 561 g/mol. The number of nitrogens with one attached hydrogen (secondary N) is 3. The molecule has 3 aromatic carbocycles. The molecule has 0 saturated carbocycles. The molecule has 164 valence electrons.